The molecule has 2 rings (SSSR count). The molecule has 19 heavy (non-hydrogen) atoms. The van der Waals surface area contributed by atoms with Crippen molar-refractivity contribution in [2.24, 2.45) is 0 Å². The maximum Gasteiger partial charge on any atom is 0.295 e. The van der Waals surface area contributed by atoms with Crippen LogP contribution in [0.1, 0.15) is 0 Å². The molecule has 0 bridgehead atoms. The molecule has 0 spiro atoms. The molecule has 1 aromatic heterocycles. The zero-order valence-electron chi connectivity index (χ0n) is 9.96. The Balaban J connectivity index is 2.64. The standard InChI is InChI=1S/C12H10FN3O3/c1-19-7-2-3-8(9(13)6-7)12-10(16(17)18)4-5-11(14)15-12/h2-6H,1H3,(H2,14,15). The summed E-state index contributed by atoms with van der Waals surface area (Å²) in [5.74, 6) is -0.274. The van der Waals surface area contributed by atoms with Gasteiger partial charge in [-0.05, 0) is 18.2 Å². The minimum atomic E-state index is -0.666. The van der Waals surface area contributed by atoms with Crippen LogP contribution in [-0.2, 0) is 0 Å². The number of nitrogens with zero attached hydrogens (tertiary/aromatic N) is 2. The van der Waals surface area contributed by atoms with Crippen molar-refractivity contribution in [3.8, 4) is 17.0 Å². The predicted octanol–water partition coefficient (Wildman–Crippen LogP) is 2.39. The second-order valence-corrected chi connectivity index (χ2v) is 3.71. The van der Waals surface area contributed by atoms with E-state index in [2.05, 4.69) is 4.98 Å². The largest absolute Gasteiger partial charge is 0.497 e. The number of hydrogen-bond donors (Lipinski definition) is 1. The fraction of sp³-hybridized carbons (Fsp3) is 0.0833. The van der Waals surface area contributed by atoms with E-state index in [0.29, 0.717) is 5.75 Å². The van der Waals surface area contributed by atoms with Crippen molar-refractivity contribution >= 4 is 11.5 Å². The van der Waals surface area contributed by atoms with Crippen LogP contribution in [0.25, 0.3) is 11.3 Å². The van der Waals surface area contributed by atoms with Crippen molar-refractivity contribution in [1.29, 1.82) is 0 Å². The molecule has 0 aliphatic carbocycles. The van der Waals surface area contributed by atoms with Gasteiger partial charge in [0.1, 0.15) is 17.4 Å². The van der Waals surface area contributed by atoms with E-state index in [4.69, 9.17) is 10.5 Å². The highest BCUT2D eigenvalue weighted by Gasteiger charge is 2.20. The summed E-state index contributed by atoms with van der Waals surface area (Å²) in [4.78, 5) is 14.1. The minimum Gasteiger partial charge on any atom is -0.497 e. The molecule has 0 saturated heterocycles. The van der Waals surface area contributed by atoms with Crippen molar-refractivity contribution in [3.63, 3.8) is 0 Å². The van der Waals surface area contributed by atoms with Gasteiger partial charge in [0.15, 0.2) is 5.69 Å². The molecule has 0 fully saturated rings. The molecule has 0 atom stereocenters. The fourth-order valence-electron chi connectivity index (χ4n) is 1.63. The van der Waals surface area contributed by atoms with Crippen LogP contribution in [0.2, 0.25) is 0 Å². The third-order valence-electron chi connectivity index (χ3n) is 2.52. The van der Waals surface area contributed by atoms with Crippen LogP contribution in [-0.4, -0.2) is 17.0 Å². The fourth-order valence-corrected chi connectivity index (χ4v) is 1.63. The van der Waals surface area contributed by atoms with Crippen molar-refractivity contribution in [3.05, 3.63) is 46.3 Å². The zero-order valence-corrected chi connectivity index (χ0v) is 9.96. The number of pyridine rings is 1. The molecular formula is C12H10FN3O3. The Hall–Kier alpha value is -2.70. The monoisotopic (exact) mass is 263 g/mol. The first-order chi connectivity index (χ1) is 9.02. The van der Waals surface area contributed by atoms with Crippen LogP contribution in [0.5, 0.6) is 5.75 Å². The number of ether oxygens (including phenoxy) is 1. The van der Waals surface area contributed by atoms with E-state index in [-0.39, 0.29) is 22.8 Å². The van der Waals surface area contributed by atoms with Crippen LogP contribution in [0.4, 0.5) is 15.9 Å². The van der Waals surface area contributed by atoms with Gasteiger partial charge in [0.05, 0.1) is 12.0 Å². The summed E-state index contributed by atoms with van der Waals surface area (Å²) < 4.78 is 18.8. The smallest absolute Gasteiger partial charge is 0.295 e. The van der Waals surface area contributed by atoms with Crippen molar-refractivity contribution in [2.45, 2.75) is 0 Å². The molecule has 0 radical (unpaired) electrons. The average Bonchev–Trinajstić information content (AvgIpc) is 2.38. The summed E-state index contributed by atoms with van der Waals surface area (Å²) in [6, 6.07) is 6.48. The van der Waals surface area contributed by atoms with Crippen LogP contribution >= 0.6 is 0 Å². The quantitative estimate of drug-likeness (QED) is 0.678. The maximum atomic E-state index is 13.9. The molecule has 2 N–H and O–H groups in total. The molecule has 0 aliphatic heterocycles. The molecule has 7 heteroatoms. The van der Waals surface area contributed by atoms with Gasteiger partial charge in [-0.2, -0.15) is 0 Å². The third-order valence-corrected chi connectivity index (χ3v) is 2.52. The molecule has 0 amide bonds. The molecule has 1 heterocycles. The summed E-state index contributed by atoms with van der Waals surface area (Å²) in [5.41, 5.74) is 5.08. The van der Waals surface area contributed by atoms with Gasteiger partial charge >= 0.3 is 0 Å². The second kappa shape index (κ2) is 4.89. The lowest BCUT2D eigenvalue weighted by Gasteiger charge is -2.06. The number of rotatable bonds is 3. The lowest BCUT2D eigenvalue weighted by Crippen LogP contribution is -1.99. The number of nitrogens with two attached hydrogens (primary N) is 1. The Bertz CT molecular complexity index is 646. The van der Waals surface area contributed by atoms with Crippen molar-refractivity contribution in [2.75, 3.05) is 12.8 Å². The van der Waals surface area contributed by atoms with Crippen LogP contribution in [0.15, 0.2) is 30.3 Å². The van der Waals surface area contributed by atoms with E-state index in [9.17, 15) is 14.5 Å². The van der Waals surface area contributed by atoms with E-state index < -0.39 is 10.7 Å². The number of benzene rings is 1. The number of halogens is 1. The van der Waals surface area contributed by atoms with Gasteiger partial charge in [-0.3, -0.25) is 10.1 Å². The molecule has 0 saturated carbocycles. The van der Waals surface area contributed by atoms with Gasteiger partial charge in [-0.25, -0.2) is 9.37 Å². The molecule has 6 nitrogen and oxygen atoms in total. The molecule has 98 valence electrons. The first kappa shape index (κ1) is 12.7. The Morgan fingerprint density at radius 3 is 2.68 bits per heavy atom. The first-order valence-corrected chi connectivity index (χ1v) is 5.27. The summed E-state index contributed by atoms with van der Waals surface area (Å²) >= 11 is 0. The summed E-state index contributed by atoms with van der Waals surface area (Å²) in [5, 5.41) is 10.9. The summed E-state index contributed by atoms with van der Waals surface area (Å²) in [7, 11) is 1.40. The SMILES string of the molecule is COc1ccc(-c2nc(N)ccc2[N+](=O)[O-])c(F)c1. The topological polar surface area (TPSA) is 91.3 Å². The number of anilines is 1. The molecule has 2 aromatic rings. The average molecular weight is 263 g/mol. The van der Waals surface area contributed by atoms with Gasteiger partial charge < -0.3 is 10.5 Å². The molecule has 0 unspecified atom stereocenters. The Morgan fingerprint density at radius 1 is 1.37 bits per heavy atom. The van der Waals surface area contributed by atoms with Gasteiger partial charge in [0.2, 0.25) is 0 Å². The lowest BCUT2D eigenvalue weighted by molar-refractivity contribution is -0.384. The Labute approximate surface area is 107 Å². The summed E-state index contributed by atoms with van der Waals surface area (Å²) in [6.45, 7) is 0. The van der Waals surface area contributed by atoms with Gasteiger partial charge in [0.25, 0.3) is 5.69 Å². The number of hydrogen-bond acceptors (Lipinski definition) is 5. The maximum absolute atomic E-state index is 13.9. The number of nitrogen functional groups attached to an aromatic ring is 1. The Morgan fingerprint density at radius 2 is 2.11 bits per heavy atom. The van der Waals surface area contributed by atoms with E-state index >= 15 is 0 Å². The van der Waals surface area contributed by atoms with Crippen molar-refractivity contribution < 1.29 is 14.1 Å². The highest BCUT2D eigenvalue weighted by Crippen LogP contribution is 2.32. The first-order valence-electron chi connectivity index (χ1n) is 5.27. The molecule has 1 aromatic carbocycles. The minimum absolute atomic E-state index is 0.000185. The van der Waals surface area contributed by atoms with Crippen molar-refractivity contribution in [1.82, 2.24) is 4.98 Å². The van der Waals surface area contributed by atoms with E-state index in [0.717, 1.165) is 6.07 Å². The van der Waals surface area contributed by atoms with Gasteiger partial charge in [-0.15, -0.1) is 0 Å². The van der Waals surface area contributed by atoms with E-state index in [1.54, 1.807) is 0 Å². The zero-order chi connectivity index (χ0) is 14.0. The van der Waals surface area contributed by atoms with Crippen LogP contribution in [0, 0.1) is 15.9 Å². The Kier molecular flexibility index (Phi) is 3.28. The number of methoxy groups -OCH3 is 1. The normalized spacial score (nSPS) is 10.2. The van der Waals surface area contributed by atoms with Crippen LogP contribution in [0.3, 0.4) is 0 Å². The number of aromatic nitrogens is 1. The van der Waals surface area contributed by atoms with Gasteiger partial charge in [0, 0.05) is 17.7 Å². The lowest BCUT2D eigenvalue weighted by atomic mass is 10.1. The second-order valence-electron chi connectivity index (χ2n) is 3.71. The highest BCUT2D eigenvalue weighted by atomic mass is 19.1. The molecule has 0 aliphatic rings. The van der Waals surface area contributed by atoms with E-state index in [1.165, 1.54) is 31.4 Å². The predicted molar refractivity (Wildman–Crippen MR) is 67.2 cm³/mol. The highest BCUT2D eigenvalue weighted by molar-refractivity contribution is 5.72. The van der Waals surface area contributed by atoms with Crippen LogP contribution < -0.4 is 10.5 Å². The number of nitro groups is 1. The summed E-state index contributed by atoms with van der Waals surface area (Å²) in [6.07, 6.45) is 0. The third kappa shape index (κ3) is 2.44. The molecular weight excluding hydrogens is 253 g/mol. The van der Waals surface area contributed by atoms with E-state index in [1.807, 2.05) is 0 Å². The van der Waals surface area contributed by atoms with Gasteiger partial charge in [-0.1, -0.05) is 0 Å².